The Morgan fingerprint density at radius 2 is 2.05 bits per heavy atom. The summed E-state index contributed by atoms with van der Waals surface area (Å²) in [5.74, 6) is -0.657. The van der Waals surface area contributed by atoms with E-state index in [-0.39, 0.29) is 18.4 Å². The Hall–Kier alpha value is -2.96. The second-order valence-electron chi connectivity index (χ2n) is 4.26. The summed E-state index contributed by atoms with van der Waals surface area (Å²) >= 11 is 0. The normalized spacial score (nSPS) is 20.5. The van der Waals surface area contributed by atoms with Gasteiger partial charge in [0.1, 0.15) is 12.4 Å². The summed E-state index contributed by atoms with van der Waals surface area (Å²) in [7, 11) is 0. The molecule has 0 radical (unpaired) electrons. The van der Waals surface area contributed by atoms with E-state index >= 15 is 0 Å². The Morgan fingerprint density at radius 1 is 1.29 bits per heavy atom. The van der Waals surface area contributed by atoms with Crippen molar-refractivity contribution >= 4 is 11.9 Å². The number of hydrogen-bond donors (Lipinski definition) is 1. The van der Waals surface area contributed by atoms with Gasteiger partial charge in [0.05, 0.1) is 0 Å². The number of hydrogen-bond acceptors (Lipinski definition) is 4. The Balaban J connectivity index is 1.90. The molecule has 0 bridgehead atoms. The molecule has 21 heavy (non-hydrogen) atoms. The van der Waals surface area contributed by atoms with Gasteiger partial charge < -0.3 is 15.4 Å². The van der Waals surface area contributed by atoms with Gasteiger partial charge in [-0.2, -0.15) is 0 Å². The van der Waals surface area contributed by atoms with Crippen LogP contribution in [0.25, 0.3) is 0 Å². The molecule has 0 unspecified atom stereocenters. The molecule has 0 saturated carbocycles. The monoisotopic (exact) mass is 286 g/mol. The summed E-state index contributed by atoms with van der Waals surface area (Å²) in [6, 6.07) is 0. The van der Waals surface area contributed by atoms with Crippen molar-refractivity contribution in [1.82, 2.24) is 14.9 Å². The molecule has 108 valence electrons. The summed E-state index contributed by atoms with van der Waals surface area (Å²) in [4.78, 5) is 25.5. The summed E-state index contributed by atoms with van der Waals surface area (Å²) in [5, 5.41) is 13.4. The van der Waals surface area contributed by atoms with E-state index in [1.807, 2.05) is 42.5 Å². The number of imidazole rings is 1. The summed E-state index contributed by atoms with van der Waals surface area (Å²) in [5.41, 5.74) is 0.934. The van der Waals surface area contributed by atoms with Gasteiger partial charge in [-0.25, -0.2) is 4.57 Å². The van der Waals surface area contributed by atoms with Crippen molar-refractivity contribution in [3.63, 3.8) is 0 Å². The number of carbonyl (C=O) groups is 1. The molecular weight excluding hydrogens is 272 g/mol. The zero-order valence-corrected chi connectivity index (χ0v) is 11.2. The number of nitro groups is 1. The highest BCUT2D eigenvalue weighted by atomic mass is 16.6. The molecule has 7 heteroatoms. The van der Waals surface area contributed by atoms with Crippen molar-refractivity contribution in [2.75, 3.05) is 6.54 Å². The minimum absolute atomic E-state index is 0.136. The Kier molecular flexibility index (Phi) is 4.81. The summed E-state index contributed by atoms with van der Waals surface area (Å²) < 4.78 is 1.19. The number of aromatic nitrogens is 2. The summed E-state index contributed by atoms with van der Waals surface area (Å²) in [6.07, 6.45) is 15.9. The number of amides is 1. The van der Waals surface area contributed by atoms with Gasteiger partial charge in [-0.1, -0.05) is 47.5 Å². The molecule has 7 nitrogen and oxygen atoms in total. The van der Waals surface area contributed by atoms with Crippen LogP contribution in [0.5, 0.6) is 0 Å². The lowest BCUT2D eigenvalue weighted by atomic mass is 10.2. The molecule has 1 heterocycles. The Labute approximate surface area is 121 Å². The number of nitrogens with one attached hydrogen (secondary N) is 1. The molecule has 0 fully saturated rings. The molecule has 1 aromatic heterocycles. The van der Waals surface area contributed by atoms with Crippen molar-refractivity contribution in [2.45, 2.75) is 6.54 Å². The molecule has 1 amide bonds. The largest absolute Gasteiger partial charge is 0.435 e. The van der Waals surface area contributed by atoms with Crippen molar-refractivity contribution < 1.29 is 9.72 Å². The molecule has 0 aliphatic heterocycles. The smallest absolute Gasteiger partial charge is 0.390 e. The van der Waals surface area contributed by atoms with Gasteiger partial charge in [0, 0.05) is 6.54 Å². The van der Waals surface area contributed by atoms with Crippen LogP contribution in [-0.2, 0) is 11.3 Å². The van der Waals surface area contributed by atoms with E-state index in [0.29, 0.717) is 6.54 Å². The SMILES string of the molecule is O=C(Cn1ccnc1[N+](=O)[O-])NCC1=C/C=C\C=C/C=C\1. The molecule has 0 saturated heterocycles. The average Bonchev–Trinajstić information content (AvgIpc) is 2.85. The van der Waals surface area contributed by atoms with Gasteiger partial charge in [0.2, 0.25) is 0 Å². The fourth-order valence-corrected chi connectivity index (χ4v) is 1.73. The predicted octanol–water partition coefficient (Wildman–Crippen LogP) is 1.52. The minimum Gasteiger partial charge on any atom is -0.390 e. The number of rotatable bonds is 5. The van der Waals surface area contributed by atoms with E-state index in [0.717, 1.165) is 5.57 Å². The zero-order chi connectivity index (χ0) is 15.1. The quantitative estimate of drug-likeness (QED) is 0.656. The van der Waals surface area contributed by atoms with Gasteiger partial charge in [0.15, 0.2) is 6.54 Å². The minimum atomic E-state index is -0.621. The van der Waals surface area contributed by atoms with Gasteiger partial charge in [-0.05, 0) is 10.5 Å². The van der Waals surface area contributed by atoms with Gasteiger partial charge in [-0.3, -0.25) is 4.79 Å². The average molecular weight is 286 g/mol. The highest BCUT2D eigenvalue weighted by Gasteiger charge is 2.16. The molecule has 0 atom stereocenters. The molecule has 2 rings (SSSR count). The fourth-order valence-electron chi connectivity index (χ4n) is 1.73. The van der Waals surface area contributed by atoms with Gasteiger partial charge in [0.25, 0.3) is 5.91 Å². The van der Waals surface area contributed by atoms with E-state index in [4.69, 9.17) is 0 Å². The van der Waals surface area contributed by atoms with Crippen LogP contribution in [0.1, 0.15) is 0 Å². The van der Waals surface area contributed by atoms with Crippen LogP contribution in [-0.4, -0.2) is 26.9 Å². The van der Waals surface area contributed by atoms with Crippen LogP contribution < -0.4 is 5.32 Å². The van der Waals surface area contributed by atoms with Crippen LogP contribution in [0.3, 0.4) is 0 Å². The van der Waals surface area contributed by atoms with Gasteiger partial charge in [-0.15, -0.1) is 0 Å². The third-order valence-corrected chi connectivity index (χ3v) is 2.73. The molecule has 1 aromatic rings. The summed E-state index contributed by atoms with van der Waals surface area (Å²) in [6.45, 7) is 0.221. The van der Waals surface area contributed by atoms with Crippen molar-refractivity contribution in [1.29, 1.82) is 0 Å². The molecule has 1 aliphatic rings. The number of nitrogens with zero attached hydrogens (tertiary/aromatic N) is 3. The third kappa shape index (κ3) is 4.27. The van der Waals surface area contributed by atoms with E-state index < -0.39 is 4.92 Å². The lowest BCUT2D eigenvalue weighted by molar-refractivity contribution is -0.396. The highest BCUT2D eigenvalue weighted by Crippen LogP contribution is 2.06. The first-order chi connectivity index (χ1) is 10.2. The second kappa shape index (κ2) is 6.99. The lowest BCUT2D eigenvalue weighted by Gasteiger charge is -2.06. The number of carbonyl (C=O) groups excluding carboxylic acids is 1. The third-order valence-electron chi connectivity index (χ3n) is 2.73. The molecule has 1 N–H and O–H groups in total. The van der Waals surface area contributed by atoms with Crippen LogP contribution >= 0.6 is 0 Å². The standard InChI is InChI=1S/C14H14N4O3/c19-13(11-17-9-8-15-14(17)18(20)21)16-10-12-6-4-2-1-3-5-7-12/h1-9H,10-11H2,(H,16,19)/b2-1-,3-1?,4-2?,5-3-,6-4-,7-5?,12-6?,12-7+. The van der Waals surface area contributed by atoms with Crippen molar-refractivity contribution in [3.05, 3.63) is 70.6 Å². The predicted molar refractivity (Wildman–Crippen MR) is 77.4 cm³/mol. The highest BCUT2D eigenvalue weighted by molar-refractivity contribution is 5.76. The van der Waals surface area contributed by atoms with Crippen LogP contribution in [0.2, 0.25) is 0 Å². The second-order valence-corrected chi connectivity index (χ2v) is 4.26. The molecule has 0 aromatic carbocycles. The Morgan fingerprint density at radius 3 is 2.86 bits per heavy atom. The maximum Gasteiger partial charge on any atom is 0.435 e. The zero-order valence-electron chi connectivity index (χ0n) is 11.2. The lowest BCUT2D eigenvalue weighted by Crippen LogP contribution is -2.29. The van der Waals surface area contributed by atoms with E-state index in [1.54, 1.807) is 0 Å². The fraction of sp³-hybridized carbons (Fsp3) is 0.143. The first kappa shape index (κ1) is 14.4. The first-order valence-electron chi connectivity index (χ1n) is 6.29. The van der Waals surface area contributed by atoms with E-state index in [2.05, 4.69) is 10.3 Å². The molecule has 0 spiro atoms. The van der Waals surface area contributed by atoms with E-state index in [9.17, 15) is 14.9 Å². The maximum atomic E-state index is 11.8. The number of allylic oxidation sites excluding steroid dienone is 6. The maximum absolute atomic E-state index is 11.8. The van der Waals surface area contributed by atoms with Crippen molar-refractivity contribution in [3.8, 4) is 0 Å². The van der Waals surface area contributed by atoms with Crippen LogP contribution in [0.15, 0.2) is 60.5 Å². The van der Waals surface area contributed by atoms with Crippen LogP contribution in [0.4, 0.5) is 5.95 Å². The Bertz CT molecular complexity index is 653. The van der Waals surface area contributed by atoms with Crippen LogP contribution in [0, 0.1) is 10.1 Å². The topological polar surface area (TPSA) is 90.1 Å². The first-order valence-corrected chi connectivity index (χ1v) is 6.29. The van der Waals surface area contributed by atoms with E-state index in [1.165, 1.54) is 17.0 Å². The molecular formula is C14H14N4O3. The van der Waals surface area contributed by atoms with Crippen molar-refractivity contribution in [2.24, 2.45) is 0 Å². The van der Waals surface area contributed by atoms with Gasteiger partial charge >= 0.3 is 5.95 Å². The molecule has 1 aliphatic carbocycles.